The van der Waals surface area contributed by atoms with E-state index in [9.17, 15) is 0 Å². The Balaban J connectivity index is 2.07. The average Bonchev–Trinajstić information content (AvgIpc) is 2.49. The summed E-state index contributed by atoms with van der Waals surface area (Å²) in [5.41, 5.74) is 14.1. The van der Waals surface area contributed by atoms with Gasteiger partial charge in [0.05, 0.1) is 15.6 Å². The molecule has 1 heterocycles. The van der Waals surface area contributed by atoms with Gasteiger partial charge in [0.25, 0.3) is 0 Å². The van der Waals surface area contributed by atoms with Crippen LogP contribution in [0.15, 0.2) is 36.4 Å². The largest absolute Gasteiger partial charge is 0.383 e. The number of fused-ring (bicyclic) bond motifs is 1. The lowest BCUT2D eigenvalue weighted by Crippen LogP contribution is -2.09. The van der Waals surface area contributed by atoms with Crippen LogP contribution in [0.5, 0.6) is 0 Å². The minimum absolute atomic E-state index is 0.163. The van der Waals surface area contributed by atoms with Crippen molar-refractivity contribution < 1.29 is 0 Å². The molecule has 4 N–H and O–H groups in total. The van der Waals surface area contributed by atoms with Crippen molar-refractivity contribution >= 4 is 57.2 Å². The van der Waals surface area contributed by atoms with Gasteiger partial charge in [-0.05, 0) is 36.4 Å². The molecular weight excluding hydrogens is 321 g/mol. The van der Waals surface area contributed by atoms with E-state index < -0.39 is 0 Å². The van der Waals surface area contributed by atoms with E-state index in [4.69, 9.17) is 34.7 Å². The molecule has 0 atom stereocenters. The lowest BCUT2D eigenvalue weighted by atomic mass is 10.2. The predicted molar refractivity (Wildman–Crippen MR) is 92.9 cm³/mol. The lowest BCUT2D eigenvalue weighted by molar-refractivity contribution is 1.20. The quantitative estimate of drug-likeness (QED) is 0.743. The number of benzene rings is 2. The van der Waals surface area contributed by atoms with Crippen molar-refractivity contribution in [2.45, 2.75) is 0 Å². The molecule has 3 rings (SSSR count). The van der Waals surface area contributed by atoms with Gasteiger partial charge in [-0.3, -0.25) is 0 Å². The lowest BCUT2D eigenvalue weighted by Gasteiger charge is -2.20. The van der Waals surface area contributed by atoms with Crippen molar-refractivity contribution in [3.63, 3.8) is 0 Å². The zero-order valence-corrected chi connectivity index (χ0v) is 13.2. The molecule has 0 saturated heterocycles. The van der Waals surface area contributed by atoms with Crippen LogP contribution in [0.3, 0.4) is 0 Å². The van der Waals surface area contributed by atoms with E-state index in [0.29, 0.717) is 21.4 Å². The number of hydrogen-bond donors (Lipinski definition) is 2. The molecule has 0 amide bonds. The molecule has 0 aliphatic rings. The number of nitrogen functional groups attached to an aromatic ring is 2. The first-order valence-corrected chi connectivity index (χ1v) is 7.23. The fourth-order valence-corrected chi connectivity index (χ4v) is 2.50. The summed E-state index contributed by atoms with van der Waals surface area (Å²) in [7, 11) is 1.93. The molecule has 112 valence electrons. The van der Waals surface area contributed by atoms with Crippen LogP contribution in [0.1, 0.15) is 0 Å². The van der Waals surface area contributed by atoms with Crippen LogP contribution in [0, 0.1) is 0 Å². The highest BCUT2D eigenvalue weighted by atomic mass is 35.5. The Morgan fingerprint density at radius 2 is 1.59 bits per heavy atom. The van der Waals surface area contributed by atoms with Crippen LogP contribution in [-0.2, 0) is 0 Å². The Morgan fingerprint density at radius 3 is 2.32 bits per heavy atom. The summed E-state index contributed by atoms with van der Waals surface area (Å²) in [6, 6.07) is 11.1. The summed E-state index contributed by atoms with van der Waals surface area (Å²) in [5.74, 6) is 0.516. The summed E-state index contributed by atoms with van der Waals surface area (Å²) >= 11 is 12.0. The van der Waals surface area contributed by atoms with Crippen molar-refractivity contribution in [3.05, 3.63) is 46.4 Å². The Bertz CT molecular complexity index is 866. The number of hydrogen-bond acceptors (Lipinski definition) is 5. The van der Waals surface area contributed by atoms with Crippen LogP contribution in [-0.4, -0.2) is 17.0 Å². The fraction of sp³-hybridized carbons (Fsp3) is 0.0667. The minimum Gasteiger partial charge on any atom is -0.383 e. The van der Waals surface area contributed by atoms with Gasteiger partial charge in [-0.15, -0.1) is 0 Å². The van der Waals surface area contributed by atoms with Gasteiger partial charge >= 0.3 is 0 Å². The maximum atomic E-state index is 6.07. The summed E-state index contributed by atoms with van der Waals surface area (Å²) in [4.78, 5) is 10.1. The Morgan fingerprint density at radius 1 is 0.909 bits per heavy atom. The van der Waals surface area contributed by atoms with Crippen molar-refractivity contribution in [1.29, 1.82) is 0 Å². The number of halogens is 2. The van der Waals surface area contributed by atoms with Crippen LogP contribution < -0.4 is 16.4 Å². The fourth-order valence-electron chi connectivity index (χ4n) is 2.21. The normalized spacial score (nSPS) is 10.9. The maximum absolute atomic E-state index is 6.07. The van der Waals surface area contributed by atoms with Gasteiger partial charge in [-0.25, -0.2) is 4.98 Å². The highest BCUT2D eigenvalue weighted by Crippen LogP contribution is 2.32. The van der Waals surface area contributed by atoms with Gasteiger partial charge in [0.15, 0.2) is 0 Å². The molecular formula is C15H13Cl2N5. The second-order valence-corrected chi connectivity index (χ2v) is 5.64. The van der Waals surface area contributed by atoms with Crippen molar-refractivity contribution in [2.24, 2.45) is 0 Å². The first kappa shape index (κ1) is 14.7. The van der Waals surface area contributed by atoms with Crippen molar-refractivity contribution in [2.75, 3.05) is 23.4 Å². The number of nitrogens with zero attached hydrogens (tertiary/aromatic N) is 3. The highest BCUT2D eigenvalue weighted by molar-refractivity contribution is 6.42. The van der Waals surface area contributed by atoms with E-state index in [1.165, 1.54) is 0 Å². The molecule has 0 aliphatic carbocycles. The van der Waals surface area contributed by atoms with Crippen molar-refractivity contribution in [1.82, 2.24) is 9.97 Å². The standard InChI is InChI=1S/C15H13Cl2N5/c1-22(9-2-4-11(16)12(17)7-9)8-3-5-13-10(6-8)14(18)21-15(19)20-13/h2-7H,1H3,(H4,18,19,20,21). The Kier molecular flexibility index (Phi) is 3.68. The van der Waals surface area contributed by atoms with Gasteiger partial charge in [0.2, 0.25) is 5.95 Å². The van der Waals surface area contributed by atoms with Crippen molar-refractivity contribution in [3.8, 4) is 0 Å². The predicted octanol–water partition coefficient (Wildman–Crippen LogP) is 3.87. The molecule has 1 aromatic heterocycles. The van der Waals surface area contributed by atoms with Crippen LogP contribution in [0.4, 0.5) is 23.1 Å². The summed E-state index contributed by atoms with van der Waals surface area (Å²) in [6.07, 6.45) is 0. The SMILES string of the molecule is CN(c1ccc(Cl)c(Cl)c1)c1ccc2nc(N)nc(N)c2c1. The van der Waals surface area contributed by atoms with E-state index in [0.717, 1.165) is 16.8 Å². The molecule has 2 aromatic carbocycles. The number of aromatic nitrogens is 2. The van der Waals surface area contributed by atoms with Gasteiger partial charge in [-0.2, -0.15) is 4.98 Å². The zero-order chi connectivity index (χ0) is 15.9. The summed E-state index contributed by atoms with van der Waals surface area (Å²) < 4.78 is 0. The maximum Gasteiger partial charge on any atom is 0.222 e. The molecule has 0 spiro atoms. The van der Waals surface area contributed by atoms with Crippen LogP contribution in [0.2, 0.25) is 10.0 Å². The van der Waals surface area contributed by atoms with Crippen LogP contribution >= 0.6 is 23.2 Å². The average molecular weight is 334 g/mol. The molecule has 0 bridgehead atoms. The monoisotopic (exact) mass is 333 g/mol. The topological polar surface area (TPSA) is 81.1 Å². The van der Waals surface area contributed by atoms with E-state index >= 15 is 0 Å². The van der Waals surface area contributed by atoms with Gasteiger partial charge in [-0.1, -0.05) is 23.2 Å². The Hall–Kier alpha value is -2.24. The number of anilines is 4. The number of nitrogens with two attached hydrogens (primary N) is 2. The molecule has 0 saturated carbocycles. The molecule has 0 aliphatic heterocycles. The second-order valence-electron chi connectivity index (χ2n) is 4.83. The molecule has 0 unspecified atom stereocenters. The molecule has 3 aromatic rings. The van der Waals surface area contributed by atoms with E-state index in [-0.39, 0.29) is 5.95 Å². The van der Waals surface area contributed by atoms with Crippen LogP contribution in [0.25, 0.3) is 10.9 Å². The first-order valence-electron chi connectivity index (χ1n) is 6.47. The third-order valence-electron chi connectivity index (χ3n) is 3.40. The molecule has 22 heavy (non-hydrogen) atoms. The second kappa shape index (κ2) is 5.51. The third kappa shape index (κ3) is 2.61. The minimum atomic E-state index is 0.163. The molecule has 0 radical (unpaired) electrons. The first-order chi connectivity index (χ1) is 10.5. The van der Waals surface area contributed by atoms with E-state index in [2.05, 4.69) is 9.97 Å². The third-order valence-corrected chi connectivity index (χ3v) is 4.14. The van der Waals surface area contributed by atoms with Gasteiger partial charge < -0.3 is 16.4 Å². The molecule has 0 fully saturated rings. The molecule has 7 heteroatoms. The summed E-state index contributed by atoms with van der Waals surface area (Å²) in [6.45, 7) is 0. The summed E-state index contributed by atoms with van der Waals surface area (Å²) in [5, 5.41) is 1.77. The molecule has 5 nitrogen and oxygen atoms in total. The smallest absolute Gasteiger partial charge is 0.222 e. The zero-order valence-electron chi connectivity index (χ0n) is 11.7. The number of rotatable bonds is 2. The van der Waals surface area contributed by atoms with Gasteiger partial charge in [0.1, 0.15) is 5.82 Å². The Labute approximate surface area is 137 Å². The highest BCUT2D eigenvalue weighted by Gasteiger charge is 2.10. The van der Waals surface area contributed by atoms with E-state index in [1.54, 1.807) is 12.1 Å². The van der Waals surface area contributed by atoms with E-state index in [1.807, 2.05) is 36.2 Å². The van der Waals surface area contributed by atoms with Gasteiger partial charge in [0, 0.05) is 23.8 Å².